The van der Waals surface area contributed by atoms with Crippen molar-refractivity contribution in [3.05, 3.63) is 35.7 Å². The number of nitrogens with zero attached hydrogens (tertiary/aromatic N) is 2. The second kappa shape index (κ2) is 6.74. The summed E-state index contributed by atoms with van der Waals surface area (Å²) in [5, 5.41) is 6.03. The third kappa shape index (κ3) is 3.73. The van der Waals surface area contributed by atoms with Crippen molar-refractivity contribution in [1.29, 1.82) is 0 Å². The number of aryl methyl sites for hydroxylation is 1. The number of nitrogens with one attached hydrogen (secondary N) is 2. The van der Waals surface area contributed by atoms with E-state index in [-0.39, 0.29) is 5.91 Å². The van der Waals surface area contributed by atoms with Gasteiger partial charge >= 0.3 is 0 Å². The molecule has 1 aliphatic rings. The summed E-state index contributed by atoms with van der Waals surface area (Å²) in [6.45, 7) is 1.84. The van der Waals surface area contributed by atoms with Crippen molar-refractivity contribution in [3.8, 4) is 11.5 Å². The molecule has 0 saturated heterocycles. The van der Waals surface area contributed by atoms with Crippen molar-refractivity contribution in [1.82, 2.24) is 9.97 Å². The molecule has 1 saturated carbocycles. The third-order valence-electron chi connectivity index (χ3n) is 3.64. The van der Waals surface area contributed by atoms with Gasteiger partial charge in [0.2, 0.25) is 5.95 Å². The molecule has 0 spiro atoms. The molecule has 1 heterocycles. The molecule has 0 unspecified atom stereocenters. The molecule has 1 aromatic carbocycles. The molecule has 1 aromatic heterocycles. The Balaban J connectivity index is 1.78. The molecule has 1 fully saturated rings. The number of anilines is 2. The molecule has 2 N–H and O–H groups in total. The zero-order valence-corrected chi connectivity index (χ0v) is 13.9. The molecule has 126 valence electrons. The number of hydrogen-bond acceptors (Lipinski definition) is 6. The Labute approximate surface area is 140 Å². The van der Waals surface area contributed by atoms with Crippen LogP contribution in [-0.4, -0.2) is 36.1 Å². The minimum absolute atomic E-state index is 0.299. The maximum atomic E-state index is 12.5. The van der Waals surface area contributed by atoms with Crippen LogP contribution in [0.15, 0.2) is 24.3 Å². The molecule has 3 rings (SSSR count). The largest absolute Gasteiger partial charge is 0.493 e. The average molecular weight is 328 g/mol. The Morgan fingerprint density at radius 2 is 1.88 bits per heavy atom. The van der Waals surface area contributed by atoms with E-state index < -0.39 is 0 Å². The summed E-state index contributed by atoms with van der Waals surface area (Å²) in [4.78, 5) is 21.1. The van der Waals surface area contributed by atoms with Crippen molar-refractivity contribution in [2.75, 3.05) is 24.9 Å². The quantitative estimate of drug-likeness (QED) is 0.848. The predicted octanol–water partition coefficient (Wildman–Crippen LogP) is 2.63. The monoisotopic (exact) mass is 328 g/mol. The van der Waals surface area contributed by atoms with E-state index in [2.05, 4.69) is 20.6 Å². The van der Waals surface area contributed by atoms with Crippen molar-refractivity contribution < 1.29 is 14.3 Å². The van der Waals surface area contributed by atoms with Gasteiger partial charge in [-0.15, -0.1) is 0 Å². The summed E-state index contributed by atoms with van der Waals surface area (Å²) in [5.74, 6) is 1.34. The lowest BCUT2D eigenvalue weighted by Gasteiger charge is -2.11. The summed E-state index contributed by atoms with van der Waals surface area (Å²) >= 11 is 0. The van der Waals surface area contributed by atoms with Gasteiger partial charge < -0.3 is 20.1 Å². The van der Waals surface area contributed by atoms with Crippen LogP contribution in [0.25, 0.3) is 0 Å². The summed E-state index contributed by atoms with van der Waals surface area (Å²) < 4.78 is 10.4. The Bertz CT molecular complexity index is 759. The van der Waals surface area contributed by atoms with E-state index in [1.54, 1.807) is 38.5 Å². The zero-order valence-electron chi connectivity index (χ0n) is 13.9. The summed E-state index contributed by atoms with van der Waals surface area (Å²) in [7, 11) is 3.11. The number of benzene rings is 1. The molecule has 24 heavy (non-hydrogen) atoms. The van der Waals surface area contributed by atoms with Gasteiger partial charge in [0.1, 0.15) is 5.69 Å². The average Bonchev–Trinajstić information content (AvgIpc) is 3.38. The van der Waals surface area contributed by atoms with Gasteiger partial charge in [-0.3, -0.25) is 4.79 Å². The van der Waals surface area contributed by atoms with E-state index in [1.807, 2.05) is 6.92 Å². The molecular weight excluding hydrogens is 308 g/mol. The van der Waals surface area contributed by atoms with Gasteiger partial charge in [0, 0.05) is 23.5 Å². The number of amides is 1. The van der Waals surface area contributed by atoms with Gasteiger partial charge in [-0.25, -0.2) is 9.97 Å². The van der Waals surface area contributed by atoms with Gasteiger partial charge in [0.25, 0.3) is 5.91 Å². The normalized spacial score (nSPS) is 13.3. The third-order valence-corrected chi connectivity index (χ3v) is 3.64. The Kier molecular flexibility index (Phi) is 4.50. The number of carbonyl (C=O) groups excluding carboxylic acids is 1. The lowest BCUT2D eigenvalue weighted by atomic mass is 10.2. The smallest absolute Gasteiger partial charge is 0.274 e. The molecule has 1 amide bonds. The van der Waals surface area contributed by atoms with Gasteiger partial charge in [-0.2, -0.15) is 0 Å². The molecule has 0 bridgehead atoms. The molecule has 0 aliphatic heterocycles. The number of carbonyl (C=O) groups is 1. The highest BCUT2D eigenvalue weighted by molar-refractivity contribution is 6.03. The molecule has 7 nitrogen and oxygen atoms in total. The Morgan fingerprint density at radius 3 is 2.54 bits per heavy atom. The standard InChI is InChI=1S/C17H20N4O3/c1-10-8-13(21-17(18-10)20-11-4-5-11)16(22)19-12-6-7-14(23-2)15(9-12)24-3/h6-9,11H,4-5H2,1-3H3,(H,19,22)(H,18,20,21). The predicted molar refractivity (Wildman–Crippen MR) is 90.9 cm³/mol. The zero-order chi connectivity index (χ0) is 17.1. The molecule has 0 radical (unpaired) electrons. The lowest BCUT2D eigenvalue weighted by Crippen LogP contribution is -2.16. The highest BCUT2D eigenvalue weighted by Crippen LogP contribution is 2.30. The molecule has 7 heteroatoms. The van der Waals surface area contributed by atoms with Crippen LogP contribution < -0.4 is 20.1 Å². The number of methoxy groups -OCH3 is 2. The first-order valence-corrected chi connectivity index (χ1v) is 7.74. The minimum atomic E-state index is -0.299. The summed E-state index contributed by atoms with van der Waals surface area (Å²) in [6.07, 6.45) is 2.23. The van der Waals surface area contributed by atoms with E-state index in [0.29, 0.717) is 34.9 Å². The van der Waals surface area contributed by atoms with Crippen LogP contribution in [0.3, 0.4) is 0 Å². The first kappa shape index (κ1) is 16.0. The van der Waals surface area contributed by atoms with E-state index >= 15 is 0 Å². The van der Waals surface area contributed by atoms with Crippen LogP contribution in [0.1, 0.15) is 29.0 Å². The van der Waals surface area contributed by atoms with E-state index in [4.69, 9.17) is 9.47 Å². The van der Waals surface area contributed by atoms with Crippen LogP contribution in [0.5, 0.6) is 11.5 Å². The van der Waals surface area contributed by atoms with Crippen LogP contribution in [0, 0.1) is 6.92 Å². The van der Waals surface area contributed by atoms with E-state index in [1.165, 1.54) is 0 Å². The van der Waals surface area contributed by atoms with Crippen molar-refractivity contribution >= 4 is 17.5 Å². The molecule has 2 aromatic rings. The van der Waals surface area contributed by atoms with Crippen LogP contribution >= 0.6 is 0 Å². The molecule has 1 aliphatic carbocycles. The van der Waals surface area contributed by atoms with Gasteiger partial charge in [0.05, 0.1) is 14.2 Å². The second-order valence-electron chi connectivity index (χ2n) is 5.66. The Morgan fingerprint density at radius 1 is 1.12 bits per heavy atom. The number of aromatic nitrogens is 2. The van der Waals surface area contributed by atoms with Crippen LogP contribution in [0.4, 0.5) is 11.6 Å². The van der Waals surface area contributed by atoms with Gasteiger partial charge in [-0.05, 0) is 38.0 Å². The van der Waals surface area contributed by atoms with Crippen molar-refractivity contribution in [3.63, 3.8) is 0 Å². The first-order chi connectivity index (χ1) is 11.6. The molecular formula is C17H20N4O3. The van der Waals surface area contributed by atoms with E-state index in [0.717, 1.165) is 18.5 Å². The summed E-state index contributed by atoms with van der Waals surface area (Å²) in [6, 6.07) is 7.27. The maximum Gasteiger partial charge on any atom is 0.274 e. The minimum Gasteiger partial charge on any atom is -0.493 e. The van der Waals surface area contributed by atoms with Gasteiger partial charge in [-0.1, -0.05) is 0 Å². The first-order valence-electron chi connectivity index (χ1n) is 7.74. The number of hydrogen-bond donors (Lipinski definition) is 2. The number of rotatable bonds is 6. The van der Waals surface area contributed by atoms with Crippen molar-refractivity contribution in [2.24, 2.45) is 0 Å². The fourth-order valence-corrected chi connectivity index (χ4v) is 2.27. The van der Waals surface area contributed by atoms with Crippen LogP contribution in [0.2, 0.25) is 0 Å². The SMILES string of the molecule is COc1ccc(NC(=O)c2cc(C)nc(NC3CC3)n2)cc1OC. The fraction of sp³-hybridized carbons (Fsp3) is 0.353. The molecule has 0 atom stereocenters. The lowest BCUT2D eigenvalue weighted by molar-refractivity contribution is 0.102. The van der Waals surface area contributed by atoms with Gasteiger partial charge in [0.15, 0.2) is 11.5 Å². The Hall–Kier alpha value is -2.83. The topological polar surface area (TPSA) is 85.4 Å². The maximum absolute atomic E-state index is 12.5. The number of ether oxygens (including phenoxy) is 2. The second-order valence-corrected chi connectivity index (χ2v) is 5.66. The van der Waals surface area contributed by atoms with Crippen molar-refractivity contribution in [2.45, 2.75) is 25.8 Å². The highest BCUT2D eigenvalue weighted by Gasteiger charge is 2.22. The summed E-state index contributed by atoms with van der Waals surface area (Å²) in [5.41, 5.74) is 1.66. The van der Waals surface area contributed by atoms with Crippen LogP contribution in [-0.2, 0) is 0 Å². The highest BCUT2D eigenvalue weighted by atomic mass is 16.5. The fourth-order valence-electron chi connectivity index (χ4n) is 2.27. The van der Waals surface area contributed by atoms with E-state index in [9.17, 15) is 4.79 Å².